The highest BCUT2D eigenvalue weighted by Crippen LogP contribution is 2.17. The summed E-state index contributed by atoms with van der Waals surface area (Å²) in [5.74, 6) is -0.132. The molecule has 4 N–H and O–H groups in total. The molecule has 0 saturated heterocycles. The summed E-state index contributed by atoms with van der Waals surface area (Å²) >= 11 is 0. The van der Waals surface area contributed by atoms with Gasteiger partial charge in [0.15, 0.2) is 0 Å². The molecule has 0 radical (unpaired) electrons. The van der Waals surface area contributed by atoms with Crippen LogP contribution in [-0.4, -0.2) is 50.3 Å². The van der Waals surface area contributed by atoms with Crippen molar-refractivity contribution in [3.05, 3.63) is 23.8 Å². The molecule has 0 aliphatic rings. The lowest BCUT2D eigenvalue weighted by Gasteiger charge is -2.23. The smallest absolute Gasteiger partial charge is 0.256 e. The topological polar surface area (TPSA) is 90.8 Å². The van der Waals surface area contributed by atoms with E-state index in [2.05, 4.69) is 0 Å². The summed E-state index contributed by atoms with van der Waals surface area (Å²) in [6, 6.07) is 4.92. The van der Waals surface area contributed by atoms with E-state index in [1.54, 1.807) is 23.1 Å². The van der Waals surface area contributed by atoms with Crippen LogP contribution in [0.2, 0.25) is 0 Å². The Hall–Kier alpha value is -1.79. The van der Waals surface area contributed by atoms with Gasteiger partial charge in [-0.1, -0.05) is 0 Å². The van der Waals surface area contributed by atoms with E-state index in [9.17, 15) is 4.79 Å². The maximum atomic E-state index is 12.6. The van der Waals surface area contributed by atoms with E-state index >= 15 is 0 Å². The number of nitrogen functional groups attached to an aromatic ring is 2. The fourth-order valence-electron chi connectivity index (χ4n) is 1.90. The first-order valence-corrected chi connectivity index (χ1v) is 7.19. The van der Waals surface area contributed by atoms with Gasteiger partial charge in [0.1, 0.15) is 0 Å². The highest BCUT2D eigenvalue weighted by Gasteiger charge is 2.18. The van der Waals surface area contributed by atoms with Crippen molar-refractivity contribution in [2.24, 2.45) is 0 Å². The van der Waals surface area contributed by atoms with E-state index in [0.717, 1.165) is 0 Å². The van der Waals surface area contributed by atoms with Crippen LogP contribution >= 0.6 is 0 Å². The van der Waals surface area contributed by atoms with Crippen LogP contribution in [0, 0.1) is 0 Å². The minimum Gasteiger partial charge on any atom is -0.399 e. The van der Waals surface area contributed by atoms with Crippen molar-refractivity contribution in [1.29, 1.82) is 0 Å². The Morgan fingerprint density at radius 1 is 1.10 bits per heavy atom. The molecule has 0 unspecified atom stereocenters. The molecule has 0 heterocycles. The van der Waals surface area contributed by atoms with Crippen LogP contribution in [0.5, 0.6) is 0 Å². The molecule has 1 aromatic rings. The fraction of sp³-hybridized carbons (Fsp3) is 0.533. The van der Waals surface area contributed by atoms with Crippen molar-refractivity contribution in [2.75, 3.05) is 51.0 Å². The third-order valence-corrected chi connectivity index (χ3v) is 3.01. The first-order chi connectivity index (χ1) is 10.1. The number of hydrogen-bond acceptors (Lipinski definition) is 5. The Bertz CT molecular complexity index is 442. The van der Waals surface area contributed by atoms with Gasteiger partial charge in [-0.15, -0.1) is 0 Å². The van der Waals surface area contributed by atoms with Crippen LogP contribution in [-0.2, 0) is 9.47 Å². The number of nitrogens with zero attached hydrogens (tertiary/aromatic N) is 1. The maximum absolute atomic E-state index is 12.6. The zero-order chi connectivity index (χ0) is 15.7. The summed E-state index contributed by atoms with van der Waals surface area (Å²) in [5, 5.41) is 0. The van der Waals surface area contributed by atoms with Crippen LogP contribution in [0.1, 0.15) is 24.2 Å². The second-order valence-electron chi connectivity index (χ2n) is 4.53. The largest absolute Gasteiger partial charge is 0.399 e. The molecular formula is C15H25N3O3. The monoisotopic (exact) mass is 295 g/mol. The molecular weight excluding hydrogens is 270 g/mol. The molecule has 0 saturated carbocycles. The minimum atomic E-state index is -0.132. The third kappa shape index (κ3) is 5.61. The number of ether oxygens (including phenoxy) is 2. The van der Waals surface area contributed by atoms with Crippen LogP contribution in [0.4, 0.5) is 11.4 Å². The lowest BCUT2D eigenvalue weighted by molar-refractivity contribution is 0.0551. The Kier molecular flexibility index (Phi) is 7.56. The molecule has 0 aromatic heterocycles. The summed E-state index contributed by atoms with van der Waals surface area (Å²) in [6.45, 7) is 7.07. The number of carbonyl (C=O) groups excluding carboxylic acids is 1. The van der Waals surface area contributed by atoms with Crippen molar-refractivity contribution >= 4 is 17.3 Å². The van der Waals surface area contributed by atoms with Crippen molar-refractivity contribution < 1.29 is 14.3 Å². The number of amides is 1. The molecule has 6 heteroatoms. The van der Waals surface area contributed by atoms with Gasteiger partial charge in [0.2, 0.25) is 0 Å². The van der Waals surface area contributed by atoms with Gasteiger partial charge in [-0.25, -0.2) is 0 Å². The van der Waals surface area contributed by atoms with Crippen LogP contribution < -0.4 is 11.5 Å². The number of hydrogen-bond donors (Lipinski definition) is 2. The second-order valence-corrected chi connectivity index (χ2v) is 4.53. The predicted molar refractivity (Wildman–Crippen MR) is 84.2 cm³/mol. The molecule has 21 heavy (non-hydrogen) atoms. The quantitative estimate of drug-likeness (QED) is 0.530. The SMILES string of the molecule is CCOCCN(CCOCC)C(=O)c1ccc(N)cc1N. The molecule has 0 aliphatic carbocycles. The number of rotatable bonds is 9. The molecule has 1 rings (SSSR count). The highest BCUT2D eigenvalue weighted by molar-refractivity contribution is 5.99. The summed E-state index contributed by atoms with van der Waals surface area (Å²) < 4.78 is 10.6. The van der Waals surface area contributed by atoms with Crippen molar-refractivity contribution in [3.8, 4) is 0 Å². The zero-order valence-electron chi connectivity index (χ0n) is 12.8. The van der Waals surface area contributed by atoms with E-state index < -0.39 is 0 Å². The lowest BCUT2D eigenvalue weighted by atomic mass is 10.1. The summed E-state index contributed by atoms with van der Waals surface area (Å²) in [7, 11) is 0. The molecule has 0 bridgehead atoms. The molecule has 6 nitrogen and oxygen atoms in total. The van der Waals surface area contributed by atoms with Crippen molar-refractivity contribution in [3.63, 3.8) is 0 Å². The van der Waals surface area contributed by atoms with Crippen molar-refractivity contribution in [1.82, 2.24) is 4.90 Å². The number of carbonyl (C=O) groups is 1. The summed E-state index contributed by atoms with van der Waals surface area (Å²) in [6.07, 6.45) is 0. The normalized spacial score (nSPS) is 10.6. The lowest BCUT2D eigenvalue weighted by Crippen LogP contribution is -2.37. The average molecular weight is 295 g/mol. The fourth-order valence-corrected chi connectivity index (χ4v) is 1.90. The van der Waals surface area contributed by atoms with Gasteiger partial charge in [-0.2, -0.15) is 0 Å². The molecule has 1 aromatic carbocycles. The van der Waals surface area contributed by atoms with Gasteiger partial charge in [0, 0.05) is 37.7 Å². The molecule has 0 spiro atoms. The van der Waals surface area contributed by atoms with Gasteiger partial charge >= 0.3 is 0 Å². The standard InChI is InChI=1S/C15H25N3O3/c1-3-20-9-7-18(8-10-21-4-2)15(19)13-6-5-12(16)11-14(13)17/h5-6,11H,3-4,7-10,16-17H2,1-2H3. The van der Waals surface area contributed by atoms with E-state index in [0.29, 0.717) is 56.5 Å². The molecule has 0 fully saturated rings. The Labute approximate surface area is 126 Å². The Balaban J connectivity index is 2.76. The second kappa shape index (κ2) is 9.20. The van der Waals surface area contributed by atoms with E-state index in [-0.39, 0.29) is 5.91 Å². The van der Waals surface area contributed by atoms with E-state index in [1.807, 2.05) is 13.8 Å². The summed E-state index contributed by atoms with van der Waals surface area (Å²) in [4.78, 5) is 14.2. The Morgan fingerprint density at radius 2 is 1.67 bits per heavy atom. The first-order valence-electron chi connectivity index (χ1n) is 7.19. The Morgan fingerprint density at radius 3 is 2.14 bits per heavy atom. The number of nitrogens with two attached hydrogens (primary N) is 2. The molecule has 1 amide bonds. The van der Waals surface area contributed by atoms with Gasteiger partial charge < -0.3 is 25.8 Å². The summed E-state index contributed by atoms with van der Waals surface area (Å²) in [5.41, 5.74) is 12.9. The highest BCUT2D eigenvalue weighted by atomic mass is 16.5. The van der Waals surface area contributed by atoms with E-state index in [4.69, 9.17) is 20.9 Å². The number of anilines is 2. The molecule has 0 atom stereocenters. The van der Waals surface area contributed by atoms with Crippen LogP contribution in [0.3, 0.4) is 0 Å². The van der Waals surface area contributed by atoms with E-state index in [1.165, 1.54) is 0 Å². The van der Waals surface area contributed by atoms with Gasteiger partial charge in [0.25, 0.3) is 5.91 Å². The predicted octanol–water partition coefficient (Wildman–Crippen LogP) is 1.37. The first kappa shape index (κ1) is 17.3. The zero-order valence-corrected chi connectivity index (χ0v) is 12.8. The third-order valence-electron chi connectivity index (χ3n) is 3.01. The van der Waals surface area contributed by atoms with Crippen LogP contribution in [0.25, 0.3) is 0 Å². The van der Waals surface area contributed by atoms with Crippen molar-refractivity contribution in [2.45, 2.75) is 13.8 Å². The van der Waals surface area contributed by atoms with Crippen LogP contribution in [0.15, 0.2) is 18.2 Å². The van der Waals surface area contributed by atoms with Gasteiger partial charge in [-0.05, 0) is 32.0 Å². The molecule has 118 valence electrons. The average Bonchev–Trinajstić information content (AvgIpc) is 2.45. The number of benzene rings is 1. The minimum absolute atomic E-state index is 0.132. The molecule has 0 aliphatic heterocycles. The maximum Gasteiger partial charge on any atom is 0.256 e. The van der Waals surface area contributed by atoms with Gasteiger partial charge in [0.05, 0.1) is 18.8 Å². The van der Waals surface area contributed by atoms with Gasteiger partial charge in [-0.3, -0.25) is 4.79 Å².